The van der Waals surface area contributed by atoms with Gasteiger partial charge in [-0.15, -0.1) is 0 Å². The lowest BCUT2D eigenvalue weighted by Crippen LogP contribution is -2.44. The molecule has 0 spiro atoms. The second-order valence-electron chi connectivity index (χ2n) is 9.43. The number of carbonyl (C=O) groups excluding carboxylic acids is 2. The van der Waals surface area contributed by atoms with Crippen molar-refractivity contribution in [3.8, 4) is 11.5 Å². The maximum Gasteiger partial charge on any atom is 0.238 e. The number of thioether (sulfide) groups is 1. The van der Waals surface area contributed by atoms with Gasteiger partial charge in [0.1, 0.15) is 16.7 Å². The van der Waals surface area contributed by atoms with Crippen LogP contribution < -0.4 is 14.8 Å². The average molecular weight is 580 g/mol. The number of aliphatic imine (C=N–C) groups is 1. The zero-order chi connectivity index (χ0) is 28.3. The van der Waals surface area contributed by atoms with Crippen LogP contribution in [0.5, 0.6) is 11.5 Å². The van der Waals surface area contributed by atoms with Crippen LogP contribution in [0.2, 0.25) is 5.02 Å². The van der Waals surface area contributed by atoms with Crippen LogP contribution in [0.1, 0.15) is 44.6 Å². The summed E-state index contributed by atoms with van der Waals surface area (Å²) in [6, 6.07) is 21.9. The first kappa shape index (κ1) is 29.5. The maximum absolute atomic E-state index is 13.3. The predicted molar refractivity (Wildman–Crippen MR) is 163 cm³/mol. The number of anilines is 1. The molecular weight excluding hydrogens is 546 g/mol. The Hall–Kier alpha value is -3.49. The van der Waals surface area contributed by atoms with Crippen molar-refractivity contribution >= 4 is 51.7 Å². The van der Waals surface area contributed by atoms with Crippen LogP contribution in [0.3, 0.4) is 0 Å². The number of methoxy groups -OCH3 is 1. The number of unbranched alkanes of at least 4 members (excludes halogenated alkanes) is 3. The zero-order valence-corrected chi connectivity index (χ0v) is 24.3. The van der Waals surface area contributed by atoms with Gasteiger partial charge in [-0.25, -0.2) is 4.99 Å². The number of halogens is 1. The van der Waals surface area contributed by atoms with Gasteiger partial charge in [0.15, 0.2) is 5.17 Å². The molecule has 0 bridgehead atoms. The summed E-state index contributed by atoms with van der Waals surface area (Å²) in [6.45, 7) is 3.19. The Balaban J connectivity index is 1.44. The molecule has 1 fully saturated rings. The molecule has 0 unspecified atom stereocenters. The van der Waals surface area contributed by atoms with Crippen molar-refractivity contribution in [1.29, 1.82) is 0 Å². The molecule has 4 rings (SSSR count). The van der Waals surface area contributed by atoms with Gasteiger partial charge in [-0.05, 0) is 72.6 Å². The van der Waals surface area contributed by atoms with Crippen LogP contribution in [0.25, 0.3) is 0 Å². The number of nitrogens with one attached hydrogen (secondary N) is 1. The highest BCUT2D eigenvalue weighted by molar-refractivity contribution is 8.15. The van der Waals surface area contributed by atoms with E-state index < -0.39 is 5.25 Å². The first-order valence-electron chi connectivity index (χ1n) is 13.4. The van der Waals surface area contributed by atoms with Crippen molar-refractivity contribution in [3.05, 3.63) is 83.4 Å². The molecule has 0 aliphatic carbocycles. The molecule has 1 N–H and O–H groups in total. The largest absolute Gasteiger partial charge is 0.497 e. The fraction of sp³-hybridized carbons (Fsp3) is 0.323. The molecule has 1 aliphatic heterocycles. The molecule has 210 valence electrons. The number of hydrogen-bond acceptors (Lipinski definition) is 6. The SMILES string of the molecule is CCCCCCOc1ccc(NC(=O)[C@@H]2CC(=O)N(Cc3ccc(OC)cc3)C(=Nc3ccc(Cl)cc3)S2)cc1. The molecule has 2 amide bonds. The van der Waals surface area contributed by atoms with E-state index in [1.165, 1.54) is 24.6 Å². The van der Waals surface area contributed by atoms with Gasteiger partial charge >= 0.3 is 0 Å². The van der Waals surface area contributed by atoms with Crippen molar-refractivity contribution in [2.45, 2.75) is 50.8 Å². The first-order valence-corrected chi connectivity index (χ1v) is 14.7. The number of nitrogens with zero attached hydrogens (tertiary/aromatic N) is 2. The Morgan fingerprint density at radius 1 is 1.00 bits per heavy atom. The third-order valence-corrected chi connectivity index (χ3v) is 7.81. The third-order valence-electron chi connectivity index (χ3n) is 6.37. The van der Waals surface area contributed by atoms with Crippen molar-refractivity contribution in [3.63, 3.8) is 0 Å². The van der Waals surface area contributed by atoms with E-state index in [0.29, 0.717) is 34.7 Å². The van der Waals surface area contributed by atoms with Crippen LogP contribution >= 0.6 is 23.4 Å². The van der Waals surface area contributed by atoms with E-state index in [-0.39, 0.29) is 18.2 Å². The molecule has 9 heteroatoms. The van der Waals surface area contributed by atoms with Gasteiger partial charge in [-0.1, -0.05) is 61.7 Å². The standard InChI is InChI=1S/C31H34ClN3O4S/c1-3-4-5-6-19-39-27-17-13-24(14-18-27)33-30(37)28-20-29(36)35(21-22-7-15-26(38-2)16-8-22)31(40-28)34-25-11-9-23(32)10-12-25/h7-18,28H,3-6,19-21H2,1-2H3,(H,33,37)/t28-/m0/s1. The van der Waals surface area contributed by atoms with Crippen LogP contribution in [0.15, 0.2) is 77.8 Å². The zero-order valence-electron chi connectivity index (χ0n) is 22.8. The molecule has 3 aromatic rings. The summed E-state index contributed by atoms with van der Waals surface area (Å²) in [6.07, 6.45) is 4.64. The Morgan fingerprint density at radius 3 is 2.38 bits per heavy atom. The Labute approximate surface area is 244 Å². The van der Waals surface area contributed by atoms with E-state index in [1.54, 1.807) is 36.3 Å². The number of carbonyl (C=O) groups is 2. The average Bonchev–Trinajstić information content (AvgIpc) is 2.97. The van der Waals surface area contributed by atoms with Crippen LogP contribution in [-0.2, 0) is 16.1 Å². The van der Waals surface area contributed by atoms with Crippen LogP contribution in [0, 0.1) is 0 Å². The molecule has 1 heterocycles. The summed E-state index contributed by atoms with van der Waals surface area (Å²) in [4.78, 5) is 32.9. The molecule has 1 atom stereocenters. The predicted octanol–water partition coefficient (Wildman–Crippen LogP) is 7.47. The highest BCUT2D eigenvalue weighted by Gasteiger charge is 2.36. The second-order valence-corrected chi connectivity index (χ2v) is 11.0. The normalized spacial score (nSPS) is 16.2. The van der Waals surface area contributed by atoms with Gasteiger partial charge in [0, 0.05) is 17.1 Å². The topological polar surface area (TPSA) is 80.2 Å². The van der Waals surface area contributed by atoms with E-state index in [2.05, 4.69) is 12.2 Å². The van der Waals surface area contributed by atoms with Gasteiger partial charge in [-0.3, -0.25) is 14.5 Å². The fourth-order valence-corrected chi connectivity index (χ4v) is 5.34. The summed E-state index contributed by atoms with van der Waals surface area (Å²) in [7, 11) is 1.61. The van der Waals surface area contributed by atoms with Crippen LogP contribution in [-0.4, -0.2) is 40.8 Å². The highest BCUT2D eigenvalue weighted by atomic mass is 35.5. The lowest BCUT2D eigenvalue weighted by Gasteiger charge is -2.32. The van der Waals surface area contributed by atoms with Crippen LogP contribution in [0.4, 0.5) is 11.4 Å². The third kappa shape index (κ3) is 8.50. The van der Waals surface area contributed by atoms with Gasteiger partial charge in [-0.2, -0.15) is 0 Å². The summed E-state index contributed by atoms with van der Waals surface area (Å²) in [5, 5.41) is 3.37. The quantitative estimate of drug-likeness (QED) is 0.225. The Morgan fingerprint density at radius 2 is 1.70 bits per heavy atom. The Kier molecular flexibility index (Phi) is 10.9. The molecule has 0 radical (unpaired) electrons. The number of benzene rings is 3. The smallest absolute Gasteiger partial charge is 0.238 e. The van der Waals surface area contributed by atoms with Crippen molar-refractivity contribution in [1.82, 2.24) is 4.90 Å². The lowest BCUT2D eigenvalue weighted by molar-refractivity contribution is -0.129. The molecule has 0 saturated carbocycles. The summed E-state index contributed by atoms with van der Waals surface area (Å²) in [5.74, 6) is 1.08. The summed E-state index contributed by atoms with van der Waals surface area (Å²) in [5.41, 5.74) is 2.22. The monoisotopic (exact) mass is 579 g/mol. The molecule has 1 saturated heterocycles. The number of amidine groups is 1. The summed E-state index contributed by atoms with van der Waals surface area (Å²) < 4.78 is 11.0. The van der Waals surface area contributed by atoms with E-state index in [0.717, 1.165) is 29.9 Å². The number of ether oxygens (including phenoxy) is 2. The molecule has 0 aromatic heterocycles. The number of amides is 2. The molecular formula is C31H34ClN3O4S. The number of hydrogen-bond donors (Lipinski definition) is 1. The molecule has 3 aromatic carbocycles. The number of rotatable bonds is 12. The van der Waals surface area contributed by atoms with E-state index in [9.17, 15) is 9.59 Å². The highest BCUT2D eigenvalue weighted by Crippen LogP contribution is 2.32. The van der Waals surface area contributed by atoms with E-state index in [4.69, 9.17) is 26.1 Å². The maximum atomic E-state index is 13.3. The first-order chi connectivity index (χ1) is 19.4. The second kappa shape index (κ2) is 14.8. The Bertz CT molecular complexity index is 1300. The minimum atomic E-state index is -0.625. The minimum Gasteiger partial charge on any atom is -0.497 e. The summed E-state index contributed by atoms with van der Waals surface area (Å²) >= 11 is 7.32. The minimum absolute atomic E-state index is 0.0608. The lowest BCUT2D eigenvalue weighted by atomic mass is 10.2. The molecule has 1 aliphatic rings. The van der Waals surface area contributed by atoms with Gasteiger partial charge in [0.25, 0.3) is 0 Å². The van der Waals surface area contributed by atoms with Gasteiger partial charge in [0.2, 0.25) is 11.8 Å². The van der Waals surface area contributed by atoms with Crippen molar-refractivity contribution in [2.24, 2.45) is 4.99 Å². The van der Waals surface area contributed by atoms with Gasteiger partial charge in [0.05, 0.1) is 25.9 Å². The van der Waals surface area contributed by atoms with E-state index in [1.807, 2.05) is 48.5 Å². The van der Waals surface area contributed by atoms with Crippen molar-refractivity contribution in [2.75, 3.05) is 19.0 Å². The molecule has 7 nitrogen and oxygen atoms in total. The molecule has 40 heavy (non-hydrogen) atoms. The van der Waals surface area contributed by atoms with Crippen molar-refractivity contribution < 1.29 is 19.1 Å². The van der Waals surface area contributed by atoms with Gasteiger partial charge < -0.3 is 14.8 Å². The van der Waals surface area contributed by atoms with E-state index >= 15 is 0 Å². The fourth-order valence-electron chi connectivity index (χ4n) is 4.11.